The van der Waals surface area contributed by atoms with Crippen LogP contribution in [0.3, 0.4) is 0 Å². The van der Waals surface area contributed by atoms with Crippen LogP contribution in [0.4, 0.5) is 8.78 Å². The zero-order valence-corrected chi connectivity index (χ0v) is 6.57. The zero-order valence-electron chi connectivity index (χ0n) is 5.76. The average Bonchev–Trinajstić information content (AvgIpc) is 2.65. The Morgan fingerprint density at radius 3 is 2.36 bits per heavy atom. The molecule has 0 aromatic carbocycles. The van der Waals surface area contributed by atoms with E-state index in [4.69, 9.17) is 0 Å². The minimum Gasteiger partial charge on any atom is -0.210 e. The monoisotopic (exact) mass is 185 g/mol. The number of alkyl halides is 2. The predicted molar refractivity (Wildman–Crippen MR) is 35.7 cm³/mol. The highest BCUT2D eigenvalue weighted by molar-refractivity contribution is 7.89. The van der Waals surface area contributed by atoms with Crippen LogP contribution in [0.15, 0.2) is 0 Å². The summed E-state index contributed by atoms with van der Waals surface area (Å²) in [5.41, 5.74) is 0. The highest BCUT2D eigenvalue weighted by Crippen LogP contribution is 2.27. The van der Waals surface area contributed by atoms with Crippen molar-refractivity contribution in [1.29, 1.82) is 0 Å². The van der Waals surface area contributed by atoms with E-state index in [1.54, 1.807) is 0 Å². The summed E-state index contributed by atoms with van der Waals surface area (Å²) in [6.45, 7) is 0.159. The SMILES string of the molecule is O=S(=O)(NCC1CC1)C(F)F. The van der Waals surface area contributed by atoms with Crippen LogP contribution >= 0.6 is 0 Å². The molecular weight excluding hydrogens is 176 g/mol. The van der Waals surface area contributed by atoms with Crippen molar-refractivity contribution in [1.82, 2.24) is 4.72 Å². The van der Waals surface area contributed by atoms with Gasteiger partial charge in [0.25, 0.3) is 10.0 Å². The van der Waals surface area contributed by atoms with Crippen molar-refractivity contribution in [2.45, 2.75) is 18.6 Å². The summed E-state index contributed by atoms with van der Waals surface area (Å²) in [6, 6.07) is 0. The summed E-state index contributed by atoms with van der Waals surface area (Å²) in [6.07, 6.45) is 1.87. The molecule has 0 bridgehead atoms. The number of halogens is 2. The minimum atomic E-state index is -4.34. The third-order valence-electron chi connectivity index (χ3n) is 1.50. The van der Waals surface area contributed by atoms with Crippen LogP contribution in [0.2, 0.25) is 0 Å². The van der Waals surface area contributed by atoms with Crippen molar-refractivity contribution >= 4 is 10.0 Å². The Bertz CT molecular complexity index is 223. The first-order valence-corrected chi connectivity index (χ1v) is 4.83. The Morgan fingerprint density at radius 2 is 2.00 bits per heavy atom. The average molecular weight is 185 g/mol. The summed E-state index contributed by atoms with van der Waals surface area (Å²) >= 11 is 0. The number of nitrogens with one attached hydrogen (secondary N) is 1. The van der Waals surface area contributed by atoms with Crippen LogP contribution in [0.25, 0.3) is 0 Å². The van der Waals surface area contributed by atoms with Crippen molar-refractivity contribution < 1.29 is 17.2 Å². The molecule has 1 fully saturated rings. The van der Waals surface area contributed by atoms with Gasteiger partial charge in [-0.05, 0) is 18.8 Å². The number of hydrogen-bond donors (Lipinski definition) is 1. The molecule has 0 heterocycles. The van der Waals surface area contributed by atoms with Gasteiger partial charge in [-0.15, -0.1) is 0 Å². The second-order valence-corrected chi connectivity index (χ2v) is 4.33. The first-order valence-electron chi connectivity index (χ1n) is 3.29. The van der Waals surface area contributed by atoms with Gasteiger partial charge in [-0.3, -0.25) is 0 Å². The van der Waals surface area contributed by atoms with Crippen LogP contribution in [-0.2, 0) is 10.0 Å². The lowest BCUT2D eigenvalue weighted by Crippen LogP contribution is -2.30. The number of hydrogen-bond acceptors (Lipinski definition) is 2. The maximum absolute atomic E-state index is 11.6. The van der Waals surface area contributed by atoms with E-state index in [0.29, 0.717) is 0 Å². The Morgan fingerprint density at radius 1 is 1.45 bits per heavy atom. The standard InChI is InChI=1S/C5H9F2NO2S/c6-5(7)11(9,10)8-3-4-1-2-4/h4-5,8H,1-3H2. The van der Waals surface area contributed by atoms with Crippen LogP contribution in [-0.4, -0.2) is 20.7 Å². The van der Waals surface area contributed by atoms with Gasteiger partial charge in [-0.1, -0.05) is 0 Å². The molecule has 0 amide bonds. The largest absolute Gasteiger partial charge is 0.350 e. The Balaban J connectivity index is 2.33. The molecular formula is C5H9F2NO2S. The first-order chi connectivity index (χ1) is 5.02. The molecule has 1 aliphatic rings. The second kappa shape index (κ2) is 3.02. The van der Waals surface area contributed by atoms with Gasteiger partial charge in [-0.2, -0.15) is 8.78 Å². The van der Waals surface area contributed by atoms with Gasteiger partial charge >= 0.3 is 5.76 Å². The van der Waals surface area contributed by atoms with E-state index >= 15 is 0 Å². The third-order valence-corrected chi connectivity index (χ3v) is 2.54. The molecule has 1 saturated carbocycles. The molecule has 3 nitrogen and oxygen atoms in total. The fourth-order valence-corrected chi connectivity index (χ4v) is 1.21. The topological polar surface area (TPSA) is 46.2 Å². The smallest absolute Gasteiger partial charge is 0.210 e. The van der Waals surface area contributed by atoms with E-state index < -0.39 is 15.8 Å². The van der Waals surface area contributed by atoms with Crippen molar-refractivity contribution in [3.8, 4) is 0 Å². The second-order valence-electron chi connectivity index (χ2n) is 2.60. The molecule has 0 saturated heterocycles. The summed E-state index contributed by atoms with van der Waals surface area (Å²) in [5, 5.41) is 0. The van der Waals surface area contributed by atoms with Gasteiger partial charge < -0.3 is 0 Å². The molecule has 1 aliphatic carbocycles. The van der Waals surface area contributed by atoms with E-state index in [2.05, 4.69) is 0 Å². The van der Waals surface area contributed by atoms with Crippen LogP contribution in [0.5, 0.6) is 0 Å². The maximum atomic E-state index is 11.6. The molecule has 0 spiro atoms. The summed E-state index contributed by atoms with van der Waals surface area (Å²) in [7, 11) is -4.34. The van der Waals surface area contributed by atoms with Gasteiger partial charge in [0.05, 0.1) is 0 Å². The van der Waals surface area contributed by atoms with Gasteiger partial charge in [0.15, 0.2) is 0 Å². The molecule has 0 aromatic rings. The molecule has 0 aliphatic heterocycles. The predicted octanol–water partition coefficient (Wildman–Crippen LogP) is 0.538. The molecule has 0 atom stereocenters. The van der Waals surface area contributed by atoms with Gasteiger partial charge in [0.2, 0.25) is 0 Å². The van der Waals surface area contributed by atoms with E-state index in [1.165, 1.54) is 0 Å². The number of sulfonamides is 1. The lowest BCUT2D eigenvalue weighted by molar-refractivity contribution is 0.232. The Labute approximate surface area is 63.8 Å². The van der Waals surface area contributed by atoms with Crippen molar-refractivity contribution in [3.05, 3.63) is 0 Å². The molecule has 0 aromatic heterocycles. The third kappa shape index (κ3) is 2.70. The molecule has 66 valence electrons. The highest BCUT2D eigenvalue weighted by atomic mass is 32.2. The molecule has 0 radical (unpaired) electrons. The molecule has 1 rings (SSSR count). The van der Waals surface area contributed by atoms with E-state index in [9.17, 15) is 17.2 Å². The molecule has 0 unspecified atom stereocenters. The van der Waals surface area contributed by atoms with Crippen LogP contribution < -0.4 is 4.72 Å². The number of rotatable bonds is 4. The molecule has 1 N–H and O–H groups in total. The lowest BCUT2D eigenvalue weighted by atomic mass is 10.4. The van der Waals surface area contributed by atoms with Crippen LogP contribution in [0.1, 0.15) is 12.8 Å². The fraction of sp³-hybridized carbons (Fsp3) is 1.00. The minimum absolute atomic E-state index is 0.159. The lowest BCUT2D eigenvalue weighted by Gasteiger charge is -2.02. The quantitative estimate of drug-likeness (QED) is 0.694. The van der Waals surface area contributed by atoms with Crippen molar-refractivity contribution in [2.24, 2.45) is 5.92 Å². The molecule has 11 heavy (non-hydrogen) atoms. The molecule has 6 heteroatoms. The van der Waals surface area contributed by atoms with Gasteiger partial charge in [0, 0.05) is 6.54 Å². The normalized spacial score (nSPS) is 19.2. The van der Waals surface area contributed by atoms with Gasteiger partial charge in [-0.25, -0.2) is 13.1 Å². The highest BCUT2D eigenvalue weighted by Gasteiger charge is 2.28. The van der Waals surface area contributed by atoms with Crippen molar-refractivity contribution in [2.75, 3.05) is 6.54 Å². The first kappa shape index (κ1) is 8.86. The summed E-state index contributed by atoms with van der Waals surface area (Å²) in [5.74, 6) is -3.02. The Kier molecular flexibility index (Phi) is 2.43. The van der Waals surface area contributed by atoms with Crippen LogP contribution in [0, 0.1) is 5.92 Å². The summed E-state index contributed by atoms with van der Waals surface area (Å²) in [4.78, 5) is 0. The van der Waals surface area contributed by atoms with E-state index in [0.717, 1.165) is 12.8 Å². The van der Waals surface area contributed by atoms with Gasteiger partial charge in [0.1, 0.15) is 0 Å². The van der Waals surface area contributed by atoms with E-state index in [-0.39, 0.29) is 12.5 Å². The Hall–Kier alpha value is -0.230. The van der Waals surface area contributed by atoms with Crippen molar-refractivity contribution in [3.63, 3.8) is 0 Å². The summed E-state index contributed by atoms with van der Waals surface area (Å²) < 4.78 is 45.9. The fourth-order valence-electron chi connectivity index (χ4n) is 0.619. The zero-order chi connectivity index (χ0) is 8.48. The van der Waals surface area contributed by atoms with E-state index in [1.807, 2.05) is 4.72 Å². The maximum Gasteiger partial charge on any atom is 0.350 e.